The molecule has 2 aromatic heterocycles. The number of nitriles is 1. The van der Waals surface area contributed by atoms with E-state index >= 15 is 0 Å². The number of thiophene rings is 1. The number of rotatable bonds is 3. The smallest absolute Gasteiger partial charge is 0.326 e. The van der Waals surface area contributed by atoms with Crippen LogP contribution in [0.1, 0.15) is 39.4 Å². The fourth-order valence-electron chi connectivity index (χ4n) is 4.14. The molecule has 2 N–H and O–H groups in total. The second kappa shape index (κ2) is 9.34. The molecule has 0 aliphatic carbocycles. The lowest BCUT2D eigenvalue weighted by Gasteiger charge is -2.33. The molecule has 1 aliphatic heterocycles. The average Bonchev–Trinajstić information content (AvgIpc) is 3.46. The van der Waals surface area contributed by atoms with Gasteiger partial charge in [-0.3, -0.25) is 9.48 Å². The Hall–Kier alpha value is -3.60. The van der Waals surface area contributed by atoms with Crippen LogP contribution in [0, 0.1) is 23.2 Å². The van der Waals surface area contributed by atoms with E-state index < -0.39 is 23.7 Å². The molecule has 3 heterocycles. The van der Waals surface area contributed by atoms with Gasteiger partial charge in [0.1, 0.15) is 10.9 Å². The van der Waals surface area contributed by atoms with Crippen LogP contribution in [0.4, 0.5) is 13.2 Å². The van der Waals surface area contributed by atoms with Crippen LogP contribution in [0.5, 0.6) is 0 Å². The first-order valence-corrected chi connectivity index (χ1v) is 11.3. The zero-order chi connectivity index (χ0) is 24.5. The van der Waals surface area contributed by atoms with E-state index in [9.17, 15) is 23.2 Å². The minimum absolute atomic E-state index is 0.0198. The zero-order valence-electron chi connectivity index (χ0n) is 18.2. The Labute approximate surface area is 198 Å². The number of halogens is 3. The second-order valence-electron chi connectivity index (χ2n) is 7.68. The largest absolute Gasteiger partial charge is 0.435 e. The van der Waals surface area contributed by atoms with Gasteiger partial charge in [0, 0.05) is 35.6 Å². The molecule has 174 valence electrons. The topological polar surface area (TPSA) is 87.9 Å². The predicted octanol–water partition coefficient (Wildman–Crippen LogP) is 3.96. The van der Waals surface area contributed by atoms with Gasteiger partial charge in [0.25, 0.3) is 5.91 Å². The number of aryl methyl sites for hydroxylation is 1. The summed E-state index contributed by atoms with van der Waals surface area (Å²) in [4.78, 5) is 15.5. The summed E-state index contributed by atoms with van der Waals surface area (Å²) in [5.74, 6) is 4.21. The third kappa shape index (κ3) is 4.43. The average molecular weight is 484 g/mol. The first kappa shape index (κ1) is 23.6. The highest BCUT2D eigenvalue weighted by molar-refractivity contribution is 7.12. The molecule has 1 amide bonds. The van der Waals surface area contributed by atoms with E-state index in [4.69, 9.17) is 5.73 Å². The highest BCUT2D eigenvalue weighted by Crippen LogP contribution is 2.44. The molecule has 0 fully saturated rings. The van der Waals surface area contributed by atoms with Crippen molar-refractivity contribution in [1.82, 2.24) is 14.7 Å². The van der Waals surface area contributed by atoms with Crippen molar-refractivity contribution in [2.75, 3.05) is 13.1 Å². The number of nitrogens with two attached hydrogens (primary N) is 1. The summed E-state index contributed by atoms with van der Waals surface area (Å²) >= 11 is 1.27. The number of amides is 1. The van der Waals surface area contributed by atoms with Gasteiger partial charge in [-0.05, 0) is 35.6 Å². The Morgan fingerprint density at radius 3 is 2.74 bits per heavy atom. The molecule has 0 bridgehead atoms. The molecular formula is C24H20F3N5OS. The highest BCUT2D eigenvalue weighted by atomic mass is 32.1. The van der Waals surface area contributed by atoms with Crippen LogP contribution in [0.25, 0.3) is 11.1 Å². The summed E-state index contributed by atoms with van der Waals surface area (Å²) < 4.78 is 42.8. The lowest BCUT2D eigenvalue weighted by Crippen LogP contribution is -2.37. The van der Waals surface area contributed by atoms with Crippen molar-refractivity contribution in [2.24, 2.45) is 5.73 Å². The Morgan fingerprint density at radius 2 is 2.06 bits per heavy atom. The van der Waals surface area contributed by atoms with E-state index in [2.05, 4.69) is 23.0 Å². The van der Waals surface area contributed by atoms with Gasteiger partial charge in [-0.1, -0.05) is 30.2 Å². The number of carbonyl (C=O) groups excluding carboxylic acids is 1. The fraction of sp³-hybridized carbons (Fsp3) is 0.292. The van der Waals surface area contributed by atoms with E-state index in [0.29, 0.717) is 16.0 Å². The van der Waals surface area contributed by atoms with Crippen LogP contribution in [0.3, 0.4) is 0 Å². The second-order valence-corrected chi connectivity index (χ2v) is 8.81. The lowest BCUT2D eigenvalue weighted by molar-refractivity contribution is -0.141. The van der Waals surface area contributed by atoms with E-state index in [-0.39, 0.29) is 31.7 Å². The first-order valence-electron chi connectivity index (χ1n) is 10.5. The van der Waals surface area contributed by atoms with Gasteiger partial charge in [-0.2, -0.15) is 23.5 Å². The number of carbonyl (C=O) groups is 1. The quantitative estimate of drug-likeness (QED) is 0.572. The van der Waals surface area contributed by atoms with Crippen LogP contribution in [-0.4, -0.2) is 33.7 Å². The molecule has 0 spiro atoms. The summed E-state index contributed by atoms with van der Waals surface area (Å²) in [6, 6.07) is 10.7. The fourth-order valence-corrected chi connectivity index (χ4v) is 5.17. The van der Waals surface area contributed by atoms with Gasteiger partial charge in [-0.15, -0.1) is 11.3 Å². The van der Waals surface area contributed by atoms with Gasteiger partial charge < -0.3 is 10.6 Å². The molecule has 1 aliphatic rings. The van der Waals surface area contributed by atoms with E-state index in [0.717, 1.165) is 10.4 Å². The molecule has 10 heteroatoms. The van der Waals surface area contributed by atoms with E-state index in [1.165, 1.54) is 22.2 Å². The normalized spacial score (nSPS) is 15.3. The summed E-state index contributed by atoms with van der Waals surface area (Å²) in [6.45, 7) is 2.54. The van der Waals surface area contributed by atoms with Gasteiger partial charge in [-0.25, -0.2) is 0 Å². The molecule has 34 heavy (non-hydrogen) atoms. The number of benzene rings is 1. The van der Waals surface area contributed by atoms with Crippen molar-refractivity contribution < 1.29 is 18.0 Å². The third-order valence-electron chi connectivity index (χ3n) is 5.63. The SMILES string of the molecule is CCn1cc(-c2ccccc2[C@@H]2CN(C(=O)C#CCN)Cc3sc(C#N)cc32)c(C(F)(F)F)n1. The Balaban J connectivity index is 1.87. The number of hydrogen-bond donors (Lipinski definition) is 1. The van der Waals surface area contributed by atoms with Crippen molar-refractivity contribution in [3.05, 3.63) is 63.1 Å². The zero-order valence-corrected chi connectivity index (χ0v) is 19.0. The van der Waals surface area contributed by atoms with E-state index in [1.807, 2.05) is 0 Å². The third-order valence-corrected chi connectivity index (χ3v) is 6.67. The number of nitrogens with zero attached hydrogens (tertiary/aromatic N) is 4. The summed E-state index contributed by atoms with van der Waals surface area (Å²) in [5.41, 5.74) is 6.26. The van der Waals surface area contributed by atoms with Gasteiger partial charge in [0.05, 0.1) is 13.1 Å². The van der Waals surface area contributed by atoms with Crippen LogP contribution >= 0.6 is 11.3 Å². The van der Waals surface area contributed by atoms with Gasteiger partial charge in [0.15, 0.2) is 5.69 Å². The summed E-state index contributed by atoms with van der Waals surface area (Å²) in [5, 5.41) is 13.2. The molecule has 1 aromatic carbocycles. The predicted molar refractivity (Wildman–Crippen MR) is 121 cm³/mol. The molecule has 0 saturated heterocycles. The van der Waals surface area contributed by atoms with Crippen LogP contribution in [0.15, 0.2) is 36.5 Å². The monoisotopic (exact) mass is 483 g/mol. The first-order chi connectivity index (χ1) is 16.3. The number of hydrogen-bond acceptors (Lipinski definition) is 5. The van der Waals surface area contributed by atoms with Crippen molar-refractivity contribution >= 4 is 17.2 Å². The number of alkyl halides is 3. The molecule has 0 saturated carbocycles. The number of aromatic nitrogens is 2. The van der Waals surface area contributed by atoms with Crippen LogP contribution in [-0.2, 0) is 24.1 Å². The summed E-state index contributed by atoms with van der Waals surface area (Å²) in [6.07, 6.45) is -3.23. The molecule has 0 radical (unpaired) electrons. The van der Waals surface area contributed by atoms with Crippen molar-refractivity contribution in [1.29, 1.82) is 5.26 Å². The Bertz CT molecular complexity index is 1340. The Morgan fingerprint density at radius 1 is 1.29 bits per heavy atom. The minimum atomic E-state index is -4.63. The maximum absolute atomic E-state index is 13.8. The molecular weight excluding hydrogens is 463 g/mol. The van der Waals surface area contributed by atoms with Gasteiger partial charge in [0.2, 0.25) is 0 Å². The van der Waals surface area contributed by atoms with E-state index in [1.54, 1.807) is 42.2 Å². The maximum Gasteiger partial charge on any atom is 0.435 e. The highest BCUT2D eigenvalue weighted by Gasteiger charge is 2.39. The molecule has 3 aromatic rings. The van der Waals surface area contributed by atoms with Crippen LogP contribution in [0.2, 0.25) is 0 Å². The number of fused-ring (bicyclic) bond motifs is 1. The minimum Gasteiger partial charge on any atom is -0.326 e. The molecule has 0 unspecified atom stereocenters. The van der Waals surface area contributed by atoms with Crippen LogP contribution < -0.4 is 5.73 Å². The lowest BCUT2D eigenvalue weighted by atomic mass is 9.83. The molecule has 6 nitrogen and oxygen atoms in total. The van der Waals surface area contributed by atoms with Crippen molar-refractivity contribution in [3.63, 3.8) is 0 Å². The van der Waals surface area contributed by atoms with Crippen molar-refractivity contribution in [2.45, 2.75) is 32.1 Å². The van der Waals surface area contributed by atoms with Gasteiger partial charge >= 0.3 is 6.18 Å². The standard InChI is InChI=1S/C24H20F3N5OS/c1-2-32-13-20(23(30-32)24(25,26)27)17-7-4-3-6-16(17)19-12-31(22(33)8-5-9-28)14-21-18(19)10-15(11-29)34-21/h3-4,6-7,10,13,19H,2,9,12,14,28H2,1H3/t19-/m0/s1. The summed E-state index contributed by atoms with van der Waals surface area (Å²) in [7, 11) is 0. The Kier molecular flexibility index (Phi) is 6.47. The molecule has 4 rings (SSSR count). The maximum atomic E-state index is 13.8. The molecule has 1 atom stereocenters. The van der Waals surface area contributed by atoms with Crippen molar-refractivity contribution in [3.8, 4) is 29.0 Å².